The molecule has 6 nitrogen and oxygen atoms in total. The molecule has 2 N–H and O–H groups in total. The predicted molar refractivity (Wildman–Crippen MR) is 139 cm³/mol. The summed E-state index contributed by atoms with van der Waals surface area (Å²) < 4.78 is 40.9. The summed E-state index contributed by atoms with van der Waals surface area (Å²) in [4.78, 5) is 12.6. The van der Waals surface area contributed by atoms with Crippen LogP contribution < -0.4 is 10.6 Å². The number of carbonyl (C=O) groups excluding carboxylic acids is 1. The van der Waals surface area contributed by atoms with E-state index in [4.69, 9.17) is 0 Å². The van der Waals surface area contributed by atoms with Crippen LogP contribution in [0.25, 0.3) is 5.69 Å². The minimum atomic E-state index is -4.50. The molecule has 0 bridgehead atoms. The Labute approximate surface area is 217 Å². The van der Waals surface area contributed by atoms with Crippen molar-refractivity contribution in [1.82, 2.24) is 20.1 Å². The van der Waals surface area contributed by atoms with Gasteiger partial charge in [-0.05, 0) is 62.2 Å². The first kappa shape index (κ1) is 26.3. The zero-order valence-electron chi connectivity index (χ0n) is 20.5. The van der Waals surface area contributed by atoms with Crippen LogP contribution in [0, 0.1) is 13.8 Å². The third-order valence-electron chi connectivity index (χ3n) is 5.75. The molecule has 1 atom stereocenters. The van der Waals surface area contributed by atoms with E-state index < -0.39 is 23.8 Å². The molecule has 0 saturated heterocycles. The van der Waals surface area contributed by atoms with Crippen LogP contribution in [0.5, 0.6) is 0 Å². The van der Waals surface area contributed by atoms with Gasteiger partial charge in [-0.15, -0.1) is 10.2 Å². The van der Waals surface area contributed by atoms with E-state index in [0.29, 0.717) is 16.7 Å². The van der Waals surface area contributed by atoms with Gasteiger partial charge < -0.3 is 10.6 Å². The van der Waals surface area contributed by atoms with Crippen molar-refractivity contribution in [3.8, 4) is 5.69 Å². The highest BCUT2D eigenvalue weighted by Crippen LogP contribution is 2.31. The van der Waals surface area contributed by atoms with Crippen molar-refractivity contribution in [2.45, 2.75) is 43.9 Å². The van der Waals surface area contributed by atoms with E-state index >= 15 is 0 Å². The molecule has 0 aliphatic rings. The second kappa shape index (κ2) is 11.1. The number of carbonyl (C=O) groups is 1. The standard InChI is InChI=1S/C27H26F3N5OS/c1-17-11-13-23(14-12-17)35-24(33-34-26(35)37-16-20-8-5-4-7-18(20)2)19(3)31-25(36)32-22-10-6-9-21(15-22)27(28,29)30/h4-15,19H,16H2,1-3H3,(H2,31,32,36). The molecule has 1 unspecified atom stereocenters. The minimum absolute atomic E-state index is 0.0361. The summed E-state index contributed by atoms with van der Waals surface area (Å²) in [6, 6.07) is 19.2. The largest absolute Gasteiger partial charge is 0.416 e. The van der Waals surface area contributed by atoms with E-state index in [1.165, 1.54) is 35.0 Å². The first-order valence-electron chi connectivity index (χ1n) is 11.6. The molecule has 0 saturated carbocycles. The van der Waals surface area contributed by atoms with Crippen LogP contribution in [0.1, 0.15) is 41.0 Å². The number of aromatic nitrogens is 3. The van der Waals surface area contributed by atoms with Gasteiger partial charge in [-0.2, -0.15) is 13.2 Å². The van der Waals surface area contributed by atoms with Crippen molar-refractivity contribution in [3.63, 3.8) is 0 Å². The number of hydrogen-bond donors (Lipinski definition) is 2. The molecular weight excluding hydrogens is 499 g/mol. The molecule has 3 aromatic carbocycles. The van der Waals surface area contributed by atoms with Gasteiger partial charge in [0.25, 0.3) is 0 Å². The fourth-order valence-electron chi connectivity index (χ4n) is 3.71. The number of thioether (sulfide) groups is 1. The Morgan fingerprint density at radius 3 is 2.43 bits per heavy atom. The lowest BCUT2D eigenvalue weighted by molar-refractivity contribution is -0.137. The summed E-state index contributed by atoms with van der Waals surface area (Å²) in [6.45, 7) is 5.80. The van der Waals surface area contributed by atoms with Gasteiger partial charge in [0.15, 0.2) is 11.0 Å². The maximum Gasteiger partial charge on any atom is 0.416 e. The number of nitrogens with zero attached hydrogens (tertiary/aromatic N) is 3. The number of benzene rings is 3. The lowest BCUT2D eigenvalue weighted by Gasteiger charge is -2.17. The molecule has 10 heteroatoms. The van der Waals surface area contributed by atoms with Crippen LogP contribution >= 0.6 is 11.8 Å². The van der Waals surface area contributed by atoms with Gasteiger partial charge in [0, 0.05) is 17.1 Å². The van der Waals surface area contributed by atoms with Crippen molar-refractivity contribution in [2.24, 2.45) is 0 Å². The Morgan fingerprint density at radius 2 is 1.73 bits per heavy atom. The van der Waals surface area contributed by atoms with Crippen LogP contribution in [-0.4, -0.2) is 20.8 Å². The first-order valence-corrected chi connectivity index (χ1v) is 12.5. The quantitative estimate of drug-likeness (QED) is 0.253. The van der Waals surface area contributed by atoms with Gasteiger partial charge in [0.05, 0.1) is 11.6 Å². The summed E-state index contributed by atoms with van der Waals surface area (Å²) in [5, 5.41) is 14.6. The minimum Gasteiger partial charge on any atom is -0.328 e. The average molecular weight is 526 g/mol. The van der Waals surface area contributed by atoms with E-state index in [1.807, 2.05) is 47.9 Å². The summed E-state index contributed by atoms with van der Waals surface area (Å²) >= 11 is 1.53. The summed E-state index contributed by atoms with van der Waals surface area (Å²) in [5.41, 5.74) is 3.49. The van der Waals surface area contributed by atoms with E-state index in [-0.39, 0.29) is 5.69 Å². The highest BCUT2D eigenvalue weighted by Gasteiger charge is 2.30. The van der Waals surface area contributed by atoms with Crippen LogP contribution in [0.2, 0.25) is 0 Å². The smallest absolute Gasteiger partial charge is 0.328 e. The monoisotopic (exact) mass is 525 g/mol. The maximum atomic E-state index is 13.0. The number of amides is 2. The van der Waals surface area contributed by atoms with Gasteiger partial charge in [0.2, 0.25) is 0 Å². The predicted octanol–water partition coefficient (Wildman–Crippen LogP) is 7.08. The van der Waals surface area contributed by atoms with Crippen molar-refractivity contribution in [3.05, 3.63) is 101 Å². The van der Waals surface area contributed by atoms with Crippen LogP contribution in [0.4, 0.5) is 23.7 Å². The summed E-state index contributed by atoms with van der Waals surface area (Å²) in [5.74, 6) is 1.18. The molecule has 1 heterocycles. The van der Waals surface area contributed by atoms with E-state index in [1.54, 1.807) is 6.92 Å². The fourth-order valence-corrected chi connectivity index (χ4v) is 4.74. The summed E-state index contributed by atoms with van der Waals surface area (Å²) in [6.07, 6.45) is -4.50. The molecule has 0 aliphatic carbocycles. The Morgan fingerprint density at radius 1 is 1.00 bits per heavy atom. The molecule has 192 valence electrons. The topological polar surface area (TPSA) is 71.8 Å². The number of nitrogens with one attached hydrogen (secondary N) is 2. The first-order chi connectivity index (χ1) is 17.6. The van der Waals surface area contributed by atoms with Crippen molar-refractivity contribution in [1.29, 1.82) is 0 Å². The average Bonchev–Trinajstić information content (AvgIpc) is 3.28. The Kier molecular flexibility index (Phi) is 7.87. The van der Waals surface area contributed by atoms with Gasteiger partial charge in [-0.1, -0.05) is 59.8 Å². The van der Waals surface area contributed by atoms with Gasteiger partial charge >= 0.3 is 12.2 Å². The third-order valence-corrected chi connectivity index (χ3v) is 6.73. The summed E-state index contributed by atoms with van der Waals surface area (Å²) in [7, 11) is 0. The van der Waals surface area contributed by atoms with E-state index in [0.717, 1.165) is 23.4 Å². The normalized spacial score (nSPS) is 12.3. The van der Waals surface area contributed by atoms with Gasteiger partial charge in [0.1, 0.15) is 0 Å². The van der Waals surface area contributed by atoms with Crippen molar-refractivity contribution in [2.75, 3.05) is 5.32 Å². The Balaban J connectivity index is 1.55. The van der Waals surface area contributed by atoms with Crippen LogP contribution in [-0.2, 0) is 11.9 Å². The van der Waals surface area contributed by atoms with Crippen molar-refractivity contribution >= 4 is 23.5 Å². The van der Waals surface area contributed by atoms with Gasteiger partial charge in [-0.3, -0.25) is 4.57 Å². The maximum absolute atomic E-state index is 13.0. The second-order valence-corrected chi connectivity index (χ2v) is 9.57. The zero-order chi connectivity index (χ0) is 26.6. The molecule has 4 rings (SSSR count). The van der Waals surface area contributed by atoms with Crippen LogP contribution in [0.15, 0.2) is 78.0 Å². The number of alkyl halides is 3. The lowest BCUT2D eigenvalue weighted by atomic mass is 10.1. The molecule has 0 aliphatic heterocycles. The molecule has 0 fully saturated rings. The third kappa shape index (κ3) is 6.51. The Bertz CT molecular complexity index is 1390. The number of halogens is 3. The highest BCUT2D eigenvalue weighted by molar-refractivity contribution is 7.98. The molecule has 4 aromatic rings. The number of rotatable bonds is 7. The zero-order valence-corrected chi connectivity index (χ0v) is 21.3. The molecule has 0 spiro atoms. The SMILES string of the molecule is Cc1ccc(-n2c(SCc3ccccc3C)nnc2C(C)NC(=O)Nc2cccc(C(F)(F)F)c2)cc1. The molecule has 0 radical (unpaired) electrons. The highest BCUT2D eigenvalue weighted by atomic mass is 32.2. The lowest BCUT2D eigenvalue weighted by Crippen LogP contribution is -2.32. The number of anilines is 1. The fraction of sp³-hybridized carbons (Fsp3) is 0.222. The number of hydrogen-bond acceptors (Lipinski definition) is 4. The van der Waals surface area contributed by atoms with Crippen LogP contribution in [0.3, 0.4) is 0 Å². The molecule has 2 amide bonds. The molecule has 37 heavy (non-hydrogen) atoms. The number of aryl methyl sites for hydroxylation is 2. The number of urea groups is 1. The molecule has 1 aromatic heterocycles. The van der Waals surface area contributed by atoms with E-state index in [9.17, 15) is 18.0 Å². The second-order valence-electron chi connectivity index (χ2n) is 8.63. The Hall–Kier alpha value is -3.79. The van der Waals surface area contributed by atoms with Crippen molar-refractivity contribution < 1.29 is 18.0 Å². The van der Waals surface area contributed by atoms with Gasteiger partial charge in [-0.25, -0.2) is 4.79 Å². The molecular formula is C27H26F3N5OS. The van der Waals surface area contributed by atoms with E-state index in [2.05, 4.69) is 39.9 Å².